The quantitative estimate of drug-likeness (QED) is 0.202. The lowest BCUT2D eigenvalue weighted by Gasteiger charge is -2.46. The average molecular weight is 817 g/mol. The van der Waals surface area contributed by atoms with Gasteiger partial charge in [0.15, 0.2) is 0 Å². The number of fused-ring (bicyclic) bond motifs is 2. The third kappa shape index (κ3) is 9.43. The number of nitrogens with one attached hydrogen (secondary N) is 2. The second-order valence-electron chi connectivity index (χ2n) is 20.7. The maximum absolute atomic E-state index is 5.17. The summed E-state index contributed by atoms with van der Waals surface area (Å²) >= 11 is 0. The van der Waals surface area contributed by atoms with Gasteiger partial charge in [-0.3, -0.25) is 9.80 Å². The molecule has 0 bridgehead atoms. The fourth-order valence-corrected chi connectivity index (χ4v) is 12.9. The van der Waals surface area contributed by atoms with Gasteiger partial charge >= 0.3 is 0 Å². The molecule has 4 aliphatic heterocycles. The van der Waals surface area contributed by atoms with Crippen LogP contribution in [0.25, 0.3) is 22.1 Å². The van der Waals surface area contributed by atoms with Crippen LogP contribution >= 0.6 is 0 Å². The van der Waals surface area contributed by atoms with Crippen LogP contribution in [0, 0.1) is 0 Å². The van der Waals surface area contributed by atoms with Gasteiger partial charge in [-0.2, -0.15) is 0 Å². The van der Waals surface area contributed by atoms with Gasteiger partial charge in [0.1, 0.15) is 11.6 Å². The number of para-hydroxylation sites is 4. The molecule has 60 heavy (non-hydrogen) atoms. The third-order valence-corrected chi connectivity index (χ3v) is 16.6. The van der Waals surface area contributed by atoms with Crippen LogP contribution in [0.5, 0.6) is 0 Å². The van der Waals surface area contributed by atoms with Crippen molar-refractivity contribution in [3.63, 3.8) is 0 Å². The highest BCUT2D eigenvalue weighted by atomic mass is 15.2. The molecule has 2 aliphatic carbocycles. The highest BCUT2D eigenvalue weighted by Gasteiger charge is 2.38. The Morgan fingerprint density at radius 1 is 0.467 bits per heavy atom. The van der Waals surface area contributed by atoms with E-state index in [2.05, 4.69) is 91.9 Å². The predicted molar refractivity (Wildman–Crippen MR) is 250 cm³/mol. The smallest absolute Gasteiger partial charge is 0.114 e. The van der Waals surface area contributed by atoms with Crippen molar-refractivity contribution in [3.8, 4) is 0 Å². The maximum Gasteiger partial charge on any atom is 0.114 e. The van der Waals surface area contributed by atoms with E-state index in [1.165, 1.54) is 201 Å². The predicted octanol–water partition coefficient (Wildman–Crippen LogP) is 11.3. The number of hydrogen-bond donors (Lipinski definition) is 2. The summed E-state index contributed by atoms with van der Waals surface area (Å²) in [5.74, 6) is 3.82. The first-order valence-corrected chi connectivity index (χ1v) is 25.3. The molecule has 0 spiro atoms. The van der Waals surface area contributed by atoms with Crippen molar-refractivity contribution in [2.24, 2.45) is 0 Å². The van der Waals surface area contributed by atoms with Crippen LogP contribution in [0.4, 0.5) is 0 Å². The van der Waals surface area contributed by atoms with E-state index in [0.717, 1.165) is 26.2 Å². The molecule has 8 nitrogen and oxygen atoms in total. The van der Waals surface area contributed by atoms with Gasteiger partial charge in [-0.15, -0.1) is 0 Å². The zero-order valence-electron chi connectivity index (χ0n) is 37.8. The van der Waals surface area contributed by atoms with Crippen LogP contribution in [0.1, 0.15) is 191 Å². The van der Waals surface area contributed by atoms with E-state index in [9.17, 15) is 0 Å². The van der Waals surface area contributed by atoms with Crippen LogP contribution in [0.2, 0.25) is 0 Å². The topological polar surface area (TPSA) is 66.2 Å². The van der Waals surface area contributed by atoms with Crippen LogP contribution in [-0.2, 0) is 0 Å². The van der Waals surface area contributed by atoms with Gasteiger partial charge in [0, 0.05) is 74.3 Å². The summed E-state index contributed by atoms with van der Waals surface area (Å²) in [6, 6.07) is 18.9. The monoisotopic (exact) mass is 817 g/mol. The summed E-state index contributed by atoms with van der Waals surface area (Å²) in [6.45, 7) is 14.6. The first-order chi connectivity index (χ1) is 29.5. The second-order valence-corrected chi connectivity index (χ2v) is 20.7. The minimum Gasteiger partial charge on any atom is -0.324 e. The number of piperidine rings is 4. The first-order valence-electron chi connectivity index (χ1n) is 25.3. The molecule has 0 unspecified atom stereocenters. The molecule has 4 aromatic rings. The fraction of sp³-hybridized carbons (Fsp3) is 0.731. The number of aromatic nitrogens is 4. The van der Waals surface area contributed by atoms with Crippen molar-refractivity contribution in [1.29, 1.82) is 0 Å². The molecule has 4 saturated heterocycles. The molecule has 6 fully saturated rings. The maximum atomic E-state index is 5.17. The highest BCUT2D eigenvalue weighted by molar-refractivity contribution is 5.77. The van der Waals surface area contributed by atoms with E-state index in [-0.39, 0.29) is 0 Å². The van der Waals surface area contributed by atoms with Gasteiger partial charge in [0.2, 0.25) is 0 Å². The molecular formula is C52H80N8. The zero-order valence-corrected chi connectivity index (χ0v) is 37.8. The van der Waals surface area contributed by atoms with Crippen molar-refractivity contribution >= 4 is 22.1 Å². The molecule has 8 heteroatoms. The Labute approximate surface area is 363 Å². The molecule has 2 saturated carbocycles. The van der Waals surface area contributed by atoms with Crippen molar-refractivity contribution in [3.05, 3.63) is 60.2 Å². The van der Waals surface area contributed by atoms with E-state index < -0.39 is 0 Å². The Morgan fingerprint density at radius 2 is 0.833 bits per heavy atom. The van der Waals surface area contributed by atoms with Gasteiger partial charge in [-0.25, -0.2) is 9.97 Å². The molecule has 2 N–H and O–H groups in total. The molecule has 6 heterocycles. The molecule has 2 aromatic heterocycles. The zero-order chi connectivity index (χ0) is 40.8. The second kappa shape index (κ2) is 19.7. The Morgan fingerprint density at radius 3 is 1.20 bits per heavy atom. The van der Waals surface area contributed by atoms with Crippen LogP contribution in [-0.4, -0.2) is 92.3 Å². The average Bonchev–Trinajstić information content (AvgIpc) is 3.87. The van der Waals surface area contributed by atoms with E-state index in [1.807, 2.05) is 0 Å². The minimum atomic E-state index is 0.429. The van der Waals surface area contributed by atoms with Gasteiger partial charge in [-0.1, -0.05) is 88.5 Å². The molecule has 6 aliphatic rings. The van der Waals surface area contributed by atoms with Crippen LogP contribution in [0.3, 0.4) is 0 Å². The summed E-state index contributed by atoms with van der Waals surface area (Å²) in [5.41, 5.74) is 5.94. The van der Waals surface area contributed by atoms with Crippen molar-refractivity contribution in [1.82, 2.24) is 39.5 Å². The van der Waals surface area contributed by atoms with Gasteiger partial charge in [-0.05, 0) is 128 Å². The normalized spacial score (nSPS) is 27.0. The molecule has 2 atom stereocenters. The largest absolute Gasteiger partial charge is 0.324 e. The Bertz CT molecular complexity index is 1780. The Balaban J connectivity index is 0.000000154. The number of rotatable bonds is 6. The highest BCUT2D eigenvalue weighted by Crippen LogP contribution is 2.40. The van der Waals surface area contributed by atoms with Crippen molar-refractivity contribution < 1.29 is 0 Å². The number of nitrogens with zero attached hydrogens (tertiary/aromatic N) is 6. The van der Waals surface area contributed by atoms with E-state index in [4.69, 9.17) is 9.97 Å². The molecule has 10 rings (SSSR count). The summed E-state index contributed by atoms with van der Waals surface area (Å²) in [6.07, 6.45) is 30.0. The molecule has 328 valence electrons. The third-order valence-electron chi connectivity index (χ3n) is 16.6. The molecular weight excluding hydrogens is 737 g/mol. The van der Waals surface area contributed by atoms with Gasteiger partial charge in [0.25, 0.3) is 0 Å². The van der Waals surface area contributed by atoms with Gasteiger partial charge in [0.05, 0.1) is 22.1 Å². The van der Waals surface area contributed by atoms with E-state index >= 15 is 0 Å². The van der Waals surface area contributed by atoms with Crippen LogP contribution < -0.4 is 10.6 Å². The van der Waals surface area contributed by atoms with Crippen LogP contribution in [0.15, 0.2) is 48.5 Å². The fourth-order valence-electron chi connectivity index (χ4n) is 12.9. The van der Waals surface area contributed by atoms with E-state index in [1.54, 1.807) is 0 Å². The lowest BCUT2D eigenvalue weighted by atomic mass is 9.82. The number of imidazole rings is 2. The number of hydrogen-bond acceptors (Lipinski definition) is 6. The van der Waals surface area contributed by atoms with Crippen molar-refractivity contribution in [2.45, 2.75) is 190 Å². The lowest BCUT2D eigenvalue weighted by molar-refractivity contribution is 0.0434. The molecule has 2 aromatic carbocycles. The van der Waals surface area contributed by atoms with E-state index in [0.29, 0.717) is 35.0 Å². The first kappa shape index (κ1) is 42.5. The number of likely N-dealkylation sites (tertiary alicyclic amines) is 2. The Hall–Kier alpha value is -2.78. The lowest BCUT2D eigenvalue weighted by Crippen LogP contribution is -2.50. The summed E-state index contributed by atoms with van der Waals surface area (Å²) in [4.78, 5) is 16.0. The van der Waals surface area contributed by atoms with Gasteiger partial charge < -0.3 is 19.8 Å². The molecule has 0 radical (unpaired) electrons. The molecule has 0 amide bonds. The summed E-state index contributed by atoms with van der Waals surface area (Å²) in [5, 5.41) is 7.22. The SMILES string of the molecule is CC1(N2CCC(n3c([C@@H]4CCCNC4)nc4ccccc43)CC2)CCCCCCC1.CC1(N2CCC(n3c([C@@H]4CCCNC4)nc4ccccc43)CC2)CCCCCCC1. The van der Waals surface area contributed by atoms with Crippen molar-refractivity contribution in [2.75, 3.05) is 52.4 Å². The summed E-state index contributed by atoms with van der Waals surface area (Å²) < 4.78 is 5.32. The number of benzene rings is 2. The standard InChI is InChI=1S/2C26H40N4/c2*1-26(15-7-3-2-4-8-16-26)29-18-13-22(14-19-29)30-24-12-6-5-11-23(24)28-25(30)21-10-9-17-27-20-21/h2*5-6,11-12,21-22,27H,2-4,7-10,13-20H2,1H3/t2*21-/m11/s1. The minimum absolute atomic E-state index is 0.429. The summed E-state index contributed by atoms with van der Waals surface area (Å²) in [7, 11) is 0. The Kier molecular flexibility index (Phi) is 14.0.